The standard InChI is InChI=1S/C27H16N4O2/c32-31(33)19-7-3-6-18(15-19)26-16-21(24-11-10-17-5-1-2-9-22(17)29-24)27-20-8-4-14-28-23(20)12-13-25(27)30-26/h1-16H. The quantitative estimate of drug-likeness (QED) is 0.181. The number of nitro groups is 1. The minimum atomic E-state index is -0.393. The van der Waals surface area contributed by atoms with Crippen LogP contribution in [0.4, 0.5) is 5.69 Å². The second kappa shape index (κ2) is 7.46. The third-order valence-corrected chi connectivity index (χ3v) is 5.78. The Hall–Kier alpha value is -4.71. The third-order valence-electron chi connectivity index (χ3n) is 5.78. The number of hydrogen-bond acceptors (Lipinski definition) is 5. The Bertz CT molecular complexity index is 1710. The van der Waals surface area contributed by atoms with Crippen molar-refractivity contribution in [2.24, 2.45) is 0 Å². The van der Waals surface area contributed by atoms with Gasteiger partial charge in [-0.1, -0.05) is 42.5 Å². The van der Waals surface area contributed by atoms with E-state index in [1.807, 2.05) is 66.7 Å². The average molecular weight is 428 g/mol. The first kappa shape index (κ1) is 19.0. The molecule has 0 fully saturated rings. The molecule has 0 amide bonds. The van der Waals surface area contributed by atoms with Crippen LogP contribution in [0.5, 0.6) is 0 Å². The summed E-state index contributed by atoms with van der Waals surface area (Å²) in [5.41, 5.74) is 5.63. The zero-order valence-electron chi connectivity index (χ0n) is 17.3. The van der Waals surface area contributed by atoms with Gasteiger partial charge in [0.25, 0.3) is 5.69 Å². The van der Waals surface area contributed by atoms with E-state index in [1.54, 1.807) is 18.3 Å². The van der Waals surface area contributed by atoms with Crippen molar-refractivity contribution in [3.8, 4) is 22.5 Å². The van der Waals surface area contributed by atoms with E-state index in [-0.39, 0.29) is 5.69 Å². The van der Waals surface area contributed by atoms with Gasteiger partial charge in [0.15, 0.2) is 0 Å². The highest BCUT2D eigenvalue weighted by atomic mass is 16.6. The number of pyridine rings is 3. The number of nitrogens with zero attached hydrogens (tertiary/aromatic N) is 4. The number of para-hydroxylation sites is 1. The summed E-state index contributed by atoms with van der Waals surface area (Å²) in [5.74, 6) is 0. The highest BCUT2D eigenvalue weighted by Crippen LogP contribution is 2.36. The first-order valence-electron chi connectivity index (χ1n) is 10.5. The lowest BCUT2D eigenvalue weighted by Crippen LogP contribution is -1.94. The number of rotatable bonds is 3. The van der Waals surface area contributed by atoms with Gasteiger partial charge in [0.2, 0.25) is 0 Å². The summed E-state index contributed by atoms with van der Waals surface area (Å²) < 4.78 is 0. The largest absolute Gasteiger partial charge is 0.270 e. The Morgan fingerprint density at radius 3 is 2.45 bits per heavy atom. The van der Waals surface area contributed by atoms with E-state index in [2.05, 4.69) is 11.1 Å². The van der Waals surface area contributed by atoms with Crippen LogP contribution in [-0.4, -0.2) is 19.9 Å². The number of nitro benzene ring substituents is 1. The molecule has 0 atom stereocenters. The van der Waals surface area contributed by atoms with Crippen LogP contribution in [-0.2, 0) is 0 Å². The Kier molecular flexibility index (Phi) is 4.30. The summed E-state index contributed by atoms with van der Waals surface area (Å²) in [6.07, 6.45) is 1.77. The number of hydrogen-bond donors (Lipinski definition) is 0. The Labute approximate surface area is 188 Å². The predicted molar refractivity (Wildman–Crippen MR) is 130 cm³/mol. The fourth-order valence-corrected chi connectivity index (χ4v) is 4.23. The van der Waals surface area contributed by atoms with Gasteiger partial charge >= 0.3 is 0 Å². The summed E-state index contributed by atoms with van der Waals surface area (Å²) in [5, 5.41) is 14.3. The molecule has 0 N–H and O–H groups in total. The van der Waals surface area contributed by atoms with E-state index >= 15 is 0 Å². The van der Waals surface area contributed by atoms with E-state index in [0.29, 0.717) is 11.3 Å². The molecule has 6 aromatic rings. The molecule has 3 aromatic carbocycles. The first-order valence-corrected chi connectivity index (χ1v) is 10.5. The molecule has 0 unspecified atom stereocenters. The van der Waals surface area contributed by atoms with Gasteiger partial charge in [-0.3, -0.25) is 15.1 Å². The highest BCUT2D eigenvalue weighted by molar-refractivity contribution is 6.12. The molecule has 0 spiro atoms. The maximum atomic E-state index is 11.3. The van der Waals surface area contributed by atoms with Gasteiger partial charge in [-0.05, 0) is 36.4 Å². The van der Waals surface area contributed by atoms with Crippen LogP contribution in [0, 0.1) is 10.1 Å². The van der Waals surface area contributed by atoms with Crippen molar-refractivity contribution in [1.29, 1.82) is 0 Å². The average Bonchev–Trinajstić information content (AvgIpc) is 2.87. The number of fused-ring (bicyclic) bond motifs is 4. The van der Waals surface area contributed by atoms with Crippen LogP contribution in [0.3, 0.4) is 0 Å². The molecule has 0 aliphatic heterocycles. The lowest BCUT2D eigenvalue weighted by molar-refractivity contribution is -0.384. The van der Waals surface area contributed by atoms with E-state index in [4.69, 9.17) is 9.97 Å². The predicted octanol–water partition coefficient (Wildman–Crippen LogP) is 6.57. The molecule has 6 heteroatoms. The van der Waals surface area contributed by atoms with Crippen LogP contribution < -0.4 is 0 Å². The van der Waals surface area contributed by atoms with E-state index in [1.165, 1.54) is 6.07 Å². The smallest absolute Gasteiger partial charge is 0.258 e. The van der Waals surface area contributed by atoms with Crippen LogP contribution >= 0.6 is 0 Å². The van der Waals surface area contributed by atoms with Crippen molar-refractivity contribution >= 4 is 38.4 Å². The van der Waals surface area contributed by atoms with Crippen LogP contribution in [0.15, 0.2) is 97.2 Å². The highest BCUT2D eigenvalue weighted by Gasteiger charge is 2.15. The Morgan fingerprint density at radius 1 is 0.697 bits per heavy atom. The summed E-state index contributed by atoms with van der Waals surface area (Å²) in [4.78, 5) is 25.2. The molecule has 0 bridgehead atoms. The molecule has 33 heavy (non-hydrogen) atoms. The fourth-order valence-electron chi connectivity index (χ4n) is 4.23. The molecule has 0 radical (unpaired) electrons. The molecule has 6 rings (SSSR count). The monoisotopic (exact) mass is 428 g/mol. The van der Waals surface area contributed by atoms with E-state index in [0.717, 1.165) is 44.0 Å². The Morgan fingerprint density at radius 2 is 1.55 bits per heavy atom. The fraction of sp³-hybridized carbons (Fsp3) is 0. The van der Waals surface area contributed by atoms with E-state index < -0.39 is 4.92 Å². The second-order valence-electron chi connectivity index (χ2n) is 7.78. The van der Waals surface area contributed by atoms with Gasteiger partial charge < -0.3 is 0 Å². The number of non-ortho nitro benzene ring substituents is 1. The van der Waals surface area contributed by atoms with Gasteiger partial charge in [-0.25, -0.2) is 9.97 Å². The van der Waals surface area contributed by atoms with Crippen molar-refractivity contribution in [2.75, 3.05) is 0 Å². The molecule has 0 aliphatic rings. The third kappa shape index (κ3) is 3.25. The van der Waals surface area contributed by atoms with Crippen LogP contribution in [0.1, 0.15) is 0 Å². The van der Waals surface area contributed by atoms with Crippen molar-refractivity contribution in [3.63, 3.8) is 0 Å². The van der Waals surface area contributed by atoms with Gasteiger partial charge in [-0.15, -0.1) is 0 Å². The minimum absolute atomic E-state index is 0.0301. The van der Waals surface area contributed by atoms with Gasteiger partial charge in [0, 0.05) is 45.6 Å². The molecule has 0 saturated carbocycles. The molecular formula is C27H16N4O2. The van der Waals surface area contributed by atoms with Crippen molar-refractivity contribution in [2.45, 2.75) is 0 Å². The van der Waals surface area contributed by atoms with Crippen molar-refractivity contribution in [3.05, 3.63) is 107 Å². The zero-order chi connectivity index (χ0) is 22.4. The lowest BCUT2D eigenvalue weighted by Gasteiger charge is -2.12. The van der Waals surface area contributed by atoms with Crippen LogP contribution in [0.25, 0.3) is 55.2 Å². The minimum Gasteiger partial charge on any atom is -0.258 e. The van der Waals surface area contributed by atoms with Crippen molar-refractivity contribution < 1.29 is 4.92 Å². The molecule has 156 valence electrons. The summed E-state index contributed by atoms with van der Waals surface area (Å²) >= 11 is 0. The normalized spacial score (nSPS) is 11.3. The molecule has 3 heterocycles. The zero-order valence-corrected chi connectivity index (χ0v) is 17.3. The molecule has 0 aliphatic carbocycles. The summed E-state index contributed by atoms with van der Waals surface area (Å²) in [7, 11) is 0. The summed E-state index contributed by atoms with van der Waals surface area (Å²) in [6, 6.07) is 28.4. The Balaban J connectivity index is 1.69. The number of benzene rings is 3. The molecule has 3 aromatic heterocycles. The molecule has 6 nitrogen and oxygen atoms in total. The first-order chi connectivity index (χ1) is 16.2. The van der Waals surface area contributed by atoms with Crippen molar-refractivity contribution in [1.82, 2.24) is 15.0 Å². The maximum absolute atomic E-state index is 11.3. The van der Waals surface area contributed by atoms with Crippen LogP contribution in [0.2, 0.25) is 0 Å². The molecular weight excluding hydrogens is 412 g/mol. The topological polar surface area (TPSA) is 81.8 Å². The number of aromatic nitrogens is 3. The van der Waals surface area contributed by atoms with Gasteiger partial charge in [0.1, 0.15) is 0 Å². The van der Waals surface area contributed by atoms with Gasteiger partial charge in [-0.2, -0.15) is 0 Å². The molecule has 0 saturated heterocycles. The maximum Gasteiger partial charge on any atom is 0.270 e. The van der Waals surface area contributed by atoms with E-state index in [9.17, 15) is 10.1 Å². The second-order valence-corrected chi connectivity index (χ2v) is 7.78. The van der Waals surface area contributed by atoms with Gasteiger partial charge in [0.05, 0.1) is 32.9 Å². The SMILES string of the molecule is O=[N+]([O-])c1cccc(-c2cc(-c3ccc4ccccc4n3)c3c(ccc4ncccc43)n2)c1. The summed E-state index contributed by atoms with van der Waals surface area (Å²) in [6.45, 7) is 0. The lowest BCUT2D eigenvalue weighted by atomic mass is 9.98.